The molecule has 2 atom stereocenters. The molecule has 0 saturated carbocycles. The van der Waals surface area contributed by atoms with Gasteiger partial charge in [0.2, 0.25) is 17.7 Å². The number of carbonyl (C=O) groups is 3. The van der Waals surface area contributed by atoms with Crippen LogP contribution in [-0.4, -0.2) is 29.8 Å². The molecule has 0 saturated heterocycles. The van der Waals surface area contributed by atoms with E-state index in [0.29, 0.717) is 5.56 Å². The van der Waals surface area contributed by atoms with Gasteiger partial charge in [0.25, 0.3) is 0 Å². The molecule has 0 bridgehead atoms. The van der Waals surface area contributed by atoms with Gasteiger partial charge >= 0.3 is 0 Å². The third-order valence-electron chi connectivity index (χ3n) is 4.04. The standard InChI is InChI=1S/C20H21BrFN3O3/c1-12(26)24-18(11-14-3-2-4-16(22)9-14)20(28)25-17(19(23)27)10-13-5-7-15(21)8-6-13/h2-9,17-18H,10-11H2,1H3,(H2,23,27)(H,24,26)(H,25,28)/t17-,18-/m0/s1. The first-order valence-electron chi connectivity index (χ1n) is 8.60. The van der Waals surface area contributed by atoms with Crippen LogP contribution in [0, 0.1) is 5.82 Å². The average Bonchev–Trinajstić information content (AvgIpc) is 2.62. The third-order valence-corrected chi connectivity index (χ3v) is 4.56. The van der Waals surface area contributed by atoms with E-state index in [1.807, 2.05) is 24.3 Å². The van der Waals surface area contributed by atoms with Crippen LogP contribution in [0.15, 0.2) is 53.0 Å². The van der Waals surface area contributed by atoms with E-state index in [2.05, 4.69) is 26.6 Å². The molecule has 8 heteroatoms. The van der Waals surface area contributed by atoms with Crippen molar-refractivity contribution in [2.75, 3.05) is 0 Å². The van der Waals surface area contributed by atoms with E-state index in [1.165, 1.54) is 25.1 Å². The van der Waals surface area contributed by atoms with Gasteiger partial charge in [-0.25, -0.2) is 4.39 Å². The monoisotopic (exact) mass is 449 g/mol. The van der Waals surface area contributed by atoms with Crippen molar-refractivity contribution >= 4 is 33.7 Å². The molecule has 0 heterocycles. The van der Waals surface area contributed by atoms with Gasteiger partial charge in [-0.3, -0.25) is 14.4 Å². The fourth-order valence-corrected chi connectivity index (χ4v) is 2.97. The maximum Gasteiger partial charge on any atom is 0.243 e. The molecule has 2 aromatic carbocycles. The molecule has 2 rings (SSSR count). The number of primary amides is 1. The number of amides is 3. The second-order valence-electron chi connectivity index (χ2n) is 6.38. The summed E-state index contributed by atoms with van der Waals surface area (Å²) in [5, 5.41) is 5.12. The minimum Gasteiger partial charge on any atom is -0.368 e. The third kappa shape index (κ3) is 6.77. The van der Waals surface area contributed by atoms with Crippen LogP contribution in [-0.2, 0) is 27.2 Å². The van der Waals surface area contributed by atoms with Gasteiger partial charge in [0.05, 0.1) is 0 Å². The molecule has 0 aliphatic heterocycles. The van der Waals surface area contributed by atoms with Crippen LogP contribution in [0.2, 0.25) is 0 Å². The zero-order chi connectivity index (χ0) is 20.7. The number of nitrogens with one attached hydrogen (secondary N) is 2. The van der Waals surface area contributed by atoms with Crippen LogP contribution >= 0.6 is 15.9 Å². The highest BCUT2D eigenvalue weighted by molar-refractivity contribution is 9.10. The molecular formula is C20H21BrFN3O3. The van der Waals surface area contributed by atoms with Gasteiger partial charge in [-0.2, -0.15) is 0 Å². The molecule has 0 radical (unpaired) electrons. The van der Waals surface area contributed by atoms with Crippen LogP contribution in [0.4, 0.5) is 4.39 Å². The Kier molecular flexibility index (Phi) is 7.69. The number of rotatable bonds is 8. The largest absolute Gasteiger partial charge is 0.368 e. The first kappa shape index (κ1) is 21.6. The van der Waals surface area contributed by atoms with Crippen molar-refractivity contribution in [3.05, 3.63) is 69.9 Å². The van der Waals surface area contributed by atoms with Gasteiger partial charge in [-0.1, -0.05) is 40.2 Å². The number of nitrogens with two attached hydrogens (primary N) is 1. The van der Waals surface area contributed by atoms with Crippen LogP contribution < -0.4 is 16.4 Å². The van der Waals surface area contributed by atoms with E-state index in [4.69, 9.17) is 5.73 Å². The van der Waals surface area contributed by atoms with E-state index in [0.717, 1.165) is 10.0 Å². The molecule has 2 aromatic rings. The Labute approximate surface area is 170 Å². The van der Waals surface area contributed by atoms with Crippen molar-refractivity contribution in [3.63, 3.8) is 0 Å². The molecular weight excluding hydrogens is 429 g/mol. The number of halogens is 2. The fourth-order valence-electron chi connectivity index (χ4n) is 2.71. The first-order valence-corrected chi connectivity index (χ1v) is 9.39. The number of benzene rings is 2. The fraction of sp³-hybridized carbons (Fsp3) is 0.250. The number of hydrogen-bond acceptors (Lipinski definition) is 3. The lowest BCUT2D eigenvalue weighted by Gasteiger charge is -2.22. The van der Waals surface area contributed by atoms with Crippen molar-refractivity contribution in [3.8, 4) is 0 Å². The summed E-state index contributed by atoms with van der Waals surface area (Å²) in [6, 6.07) is 11.1. The summed E-state index contributed by atoms with van der Waals surface area (Å²) in [5.41, 5.74) is 6.79. The van der Waals surface area contributed by atoms with Crippen molar-refractivity contribution < 1.29 is 18.8 Å². The predicted molar refractivity (Wildman–Crippen MR) is 107 cm³/mol. The Bertz CT molecular complexity index is 858. The van der Waals surface area contributed by atoms with E-state index in [1.54, 1.807) is 6.07 Å². The summed E-state index contributed by atoms with van der Waals surface area (Å²) in [5.74, 6) is -2.12. The molecule has 6 nitrogen and oxygen atoms in total. The van der Waals surface area contributed by atoms with E-state index in [-0.39, 0.29) is 12.8 Å². The molecule has 3 amide bonds. The quantitative estimate of drug-likeness (QED) is 0.572. The number of carbonyl (C=O) groups excluding carboxylic acids is 3. The van der Waals surface area contributed by atoms with Gasteiger partial charge in [-0.15, -0.1) is 0 Å². The van der Waals surface area contributed by atoms with Crippen LogP contribution in [0.25, 0.3) is 0 Å². The SMILES string of the molecule is CC(=O)N[C@@H](Cc1cccc(F)c1)C(=O)N[C@@H](Cc1ccc(Br)cc1)C(N)=O. The van der Waals surface area contributed by atoms with E-state index < -0.39 is 35.6 Å². The Morgan fingerprint density at radius 3 is 2.21 bits per heavy atom. The van der Waals surface area contributed by atoms with Crippen LogP contribution in [0.5, 0.6) is 0 Å². The summed E-state index contributed by atoms with van der Waals surface area (Å²) in [6.07, 6.45) is 0.286. The van der Waals surface area contributed by atoms with Crippen molar-refractivity contribution in [2.45, 2.75) is 31.8 Å². The summed E-state index contributed by atoms with van der Waals surface area (Å²) in [6.45, 7) is 1.28. The van der Waals surface area contributed by atoms with Crippen LogP contribution in [0.3, 0.4) is 0 Å². The summed E-state index contributed by atoms with van der Waals surface area (Å²) >= 11 is 3.33. The highest BCUT2D eigenvalue weighted by atomic mass is 79.9. The maximum atomic E-state index is 13.4. The molecule has 4 N–H and O–H groups in total. The molecule has 0 fully saturated rings. The van der Waals surface area contributed by atoms with Crippen molar-refractivity contribution in [1.82, 2.24) is 10.6 Å². The van der Waals surface area contributed by atoms with Gasteiger partial charge in [0.15, 0.2) is 0 Å². The number of hydrogen-bond donors (Lipinski definition) is 3. The first-order chi connectivity index (χ1) is 13.2. The van der Waals surface area contributed by atoms with Gasteiger partial charge < -0.3 is 16.4 Å². The zero-order valence-corrected chi connectivity index (χ0v) is 16.8. The van der Waals surface area contributed by atoms with Gasteiger partial charge in [-0.05, 0) is 35.4 Å². The average molecular weight is 450 g/mol. The maximum absolute atomic E-state index is 13.4. The molecule has 0 unspecified atom stereocenters. The predicted octanol–water partition coefficient (Wildman–Crippen LogP) is 1.85. The molecule has 0 aliphatic rings. The van der Waals surface area contributed by atoms with Crippen molar-refractivity contribution in [1.29, 1.82) is 0 Å². The minimum atomic E-state index is -0.967. The Hall–Kier alpha value is -2.74. The summed E-state index contributed by atoms with van der Waals surface area (Å²) < 4.78 is 14.3. The lowest BCUT2D eigenvalue weighted by atomic mass is 10.0. The molecule has 0 spiro atoms. The topological polar surface area (TPSA) is 101 Å². The molecule has 28 heavy (non-hydrogen) atoms. The highest BCUT2D eigenvalue weighted by Gasteiger charge is 2.25. The Morgan fingerprint density at radius 1 is 1.00 bits per heavy atom. The Morgan fingerprint density at radius 2 is 1.64 bits per heavy atom. The van der Waals surface area contributed by atoms with E-state index >= 15 is 0 Å². The summed E-state index contributed by atoms with van der Waals surface area (Å²) in [7, 11) is 0. The lowest BCUT2D eigenvalue weighted by molar-refractivity contribution is -0.130. The highest BCUT2D eigenvalue weighted by Crippen LogP contribution is 2.12. The molecule has 148 valence electrons. The lowest BCUT2D eigenvalue weighted by Crippen LogP contribution is -2.54. The smallest absolute Gasteiger partial charge is 0.243 e. The van der Waals surface area contributed by atoms with Crippen LogP contribution in [0.1, 0.15) is 18.1 Å². The second-order valence-corrected chi connectivity index (χ2v) is 7.30. The van der Waals surface area contributed by atoms with Crippen molar-refractivity contribution in [2.24, 2.45) is 5.73 Å². The van der Waals surface area contributed by atoms with Gasteiger partial charge in [0.1, 0.15) is 17.9 Å². The van der Waals surface area contributed by atoms with E-state index in [9.17, 15) is 18.8 Å². The molecule has 0 aromatic heterocycles. The Balaban J connectivity index is 2.12. The normalized spacial score (nSPS) is 12.7. The second kappa shape index (κ2) is 9.98. The summed E-state index contributed by atoms with van der Waals surface area (Å²) in [4.78, 5) is 36.0. The van der Waals surface area contributed by atoms with Gasteiger partial charge in [0, 0.05) is 24.2 Å². The molecule has 0 aliphatic carbocycles. The zero-order valence-electron chi connectivity index (χ0n) is 15.2. The minimum absolute atomic E-state index is 0.0763.